The Labute approximate surface area is 96.6 Å². The zero-order valence-corrected chi connectivity index (χ0v) is 9.95. The summed E-state index contributed by atoms with van der Waals surface area (Å²) >= 11 is 0. The maximum Gasteiger partial charge on any atom is 0.168 e. The Bertz CT molecular complexity index is 390. The molecule has 1 aromatic rings. The Kier molecular flexibility index (Phi) is 3.39. The lowest BCUT2D eigenvalue weighted by molar-refractivity contribution is 0.0461. The van der Waals surface area contributed by atoms with Gasteiger partial charge < -0.3 is 4.74 Å². The van der Waals surface area contributed by atoms with Crippen molar-refractivity contribution in [2.45, 2.75) is 26.7 Å². The summed E-state index contributed by atoms with van der Waals surface area (Å²) in [5, 5.41) is 0. The van der Waals surface area contributed by atoms with Crippen molar-refractivity contribution in [2.75, 3.05) is 13.2 Å². The van der Waals surface area contributed by atoms with Crippen LogP contribution in [0.15, 0.2) is 18.2 Å². The second kappa shape index (κ2) is 4.79. The van der Waals surface area contributed by atoms with Crippen molar-refractivity contribution in [1.29, 1.82) is 0 Å². The van der Waals surface area contributed by atoms with E-state index in [4.69, 9.17) is 4.74 Å². The molecule has 0 spiro atoms. The van der Waals surface area contributed by atoms with E-state index in [9.17, 15) is 4.79 Å². The first-order valence-corrected chi connectivity index (χ1v) is 5.87. The minimum atomic E-state index is 0.0656. The van der Waals surface area contributed by atoms with Gasteiger partial charge in [-0.2, -0.15) is 0 Å². The summed E-state index contributed by atoms with van der Waals surface area (Å²) in [5.74, 6) is 0.304. The van der Waals surface area contributed by atoms with Crippen LogP contribution >= 0.6 is 0 Å². The summed E-state index contributed by atoms with van der Waals surface area (Å²) in [5.41, 5.74) is 3.25. The molecule has 2 rings (SSSR count). The number of ketones is 1. The Balaban J connectivity index is 2.16. The van der Waals surface area contributed by atoms with Crippen molar-refractivity contribution in [1.82, 2.24) is 0 Å². The molecule has 0 saturated carbocycles. The number of rotatable bonds is 2. The molecular weight excluding hydrogens is 200 g/mol. The van der Waals surface area contributed by atoms with Crippen LogP contribution in [0.5, 0.6) is 0 Å². The van der Waals surface area contributed by atoms with Gasteiger partial charge in [-0.25, -0.2) is 0 Å². The van der Waals surface area contributed by atoms with E-state index in [1.54, 1.807) is 0 Å². The van der Waals surface area contributed by atoms with Crippen LogP contribution in [0.1, 0.15) is 34.3 Å². The number of ether oxygens (including phenoxy) is 1. The zero-order valence-electron chi connectivity index (χ0n) is 9.95. The lowest BCUT2D eigenvalue weighted by Crippen LogP contribution is -2.25. The van der Waals surface area contributed by atoms with Crippen LogP contribution in [0.25, 0.3) is 0 Å². The molecule has 1 aliphatic heterocycles. The molecule has 0 radical (unpaired) electrons. The van der Waals surface area contributed by atoms with E-state index in [1.165, 1.54) is 11.1 Å². The summed E-state index contributed by atoms with van der Waals surface area (Å²) in [6, 6.07) is 5.94. The fourth-order valence-electron chi connectivity index (χ4n) is 2.08. The van der Waals surface area contributed by atoms with Gasteiger partial charge in [-0.15, -0.1) is 0 Å². The SMILES string of the molecule is Cc1ccc(C(=O)C2CCCOC2)cc1C. The maximum atomic E-state index is 12.2. The normalized spacial score (nSPS) is 20.8. The Hall–Kier alpha value is -1.15. The van der Waals surface area contributed by atoms with Crippen LogP contribution in [-0.4, -0.2) is 19.0 Å². The average molecular weight is 218 g/mol. The van der Waals surface area contributed by atoms with E-state index in [1.807, 2.05) is 25.1 Å². The van der Waals surface area contributed by atoms with Gasteiger partial charge in [0.25, 0.3) is 0 Å². The quantitative estimate of drug-likeness (QED) is 0.713. The second-order valence-electron chi connectivity index (χ2n) is 4.58. The number of carbonyl (C=O) groups is 1. The number of aryl methyl sites for hydroxylation is 2. The number of hydrogen-bond donors (Lipinski definition) is 0. The fraction of sp³-hybridized carbons (Fsp3) is 0.500. The molecule has 1 fully saturated rings. The molecule has 0 N–H and O–H groups in total. The first kappa shape index (κ1) is 11.3. The number of Topliss-reactive ketones (excluding diaryl/α,β-unsaturated/α-hetero) is 1. The molecule has 1 saturated heterocycles. The summed E-state index contributed by atoms with van der Waals surface area (Å²) in [7, 11) is 0. The molecule has 0 aromatic heterocycles. The molecule has 16 heavy (non-hydrogen) atoms. The highest BCUT2D eigenvalue weighted by Crippen LogP contribution is 2.20. The Morgan fingerprint density at radius 1 is 1.31 bits per heavy atom. The molecule has 1 aromatic carbocycles. The summed E-state index contributed by atoms with van der Waals surface area (Å²) in [6.07, 6.45) is 1.97. The fourth-order valence-corrected chi connectivity index (χ4v) is 2.08. The molecular formula is C14H18O2. The molecule has 0 bridgehead atoms. The van der Waals surface area contributed by atoms with Crippen LogP contribution in [0.2, 0.25) is 0 Å². The minimum Gasteiger partial charge on any atom is -0.381 e. The highest BCUT2D eigenvalue weighted by Gasteiger charge is 2.22. The first-order chi connectivity index (χ1) is 7.68. The second-order valence-corrected chi connectivity index (χ2v) is 4.58. The van der Waals surface area contributed by atoms with E-state index < -0.39 is 0 Å². The Morgan fingerprint density at radius 2 is 2.12 bits per heavy atom. The monoisotopic (exact) mass is 218 g/mol. The third-order valence-electron chi connectivity index (χ3n) is 3.32. The third kappa shape index (κ3) is 2.33. The van der Waals surface area contributed by atoms with Gasteiger partial charge in [0.05, 0.1) is 6.61 Å². The van der Waals surface area contributed by atoms with E-state index >= 15 is 0 Å². The van der Waals surface area contributed by atoms with Crippen molar-refractivity contribution in [3.8, 4) is 0 Å². The number of hydrogen-bond acceptors (Lipinski definition) is 2. The van der Waals surface area contributed by atoms with Crippen LogP contribution in [0.3, 0.4) is 0 Å². The van der Waals surface area contributed by atoms with Gasteiger partial charge in [0.15, 0.2) is 5.78 Å². The van der Waals surface area contributed by atoms with Gasteiger partial charge >= 0.3 is 0 Å². The average Bonchev–Trinajstić information content (AvgIpc) is 2.33. The van der Waals surface area contributed by atoms with E-state index in [-0.39, 0.29) is 11.7 Å². The van der Waals surface area contributed by atoms with Crippen LogP contribution in [-0.2, 0) is 4.74 Å². The van der Waals surface area contributed by atoms with E-state index in [0.717, 1.165) is 25.0 Å². The van der Waals surface area contributed by atoms with Gasteiger partial charge in [-0.05, 0) is 43.9 Å². The maximum absolute atomic E-state index is 12.2. The van der Waals surface area contributed by atoms with Gasteiger partial charge in [-0.1, -0.05) is 12.1 Å². The van der Waals surface area contributed by atoms with Crippen LogP contribution < -0.4 is 0 Å². The van der Waals surface area contributed by atoms with Crippen molar-refractivity contribution in [3.05, 3.63) is 34.9 Å². The van der Waals surface area contributed by atoms with E-state index in [2.05, 4.69) is 6.92 Å². The molecule has 0 amide bonds. The van der Waals surface area contributed by atoms with Crippen molar-refractivity contribution in [2.24, 2.45) is 5.92 Å². The number of carbonyl (C=O) groups excluding carboxylic acids is 1. The molecule has 1 aliphatic rings. The molecule has 2 heteroatoms. The highest BCUT2D eigenvalue weighted by molar-refractivity contribution is 5.98. The number of benzene rings is 1. The molecule has 86 valence electrons. The standard InChI is InChI=1S/C14H18O2/c1-10-5-6-12(8-11(10)2)14(15)13-4-3-7-16-9-13/h5-6,8,13H,3-4,7,9H2,1-2H3. The highest BCUT2D eigenvalue weighted by atomic mass is 16.5. The van der Waals surface area contributed by atoms with E-state index in [0.29, 0.717) is 6.61 Å². The zero-order chi connectivity index (χ0) is 11.5. The summed E-state index contributed by atoms with van der Waals surface area (Å²) in [6.45, 7) is 5.50. The lowest BCUT2D eigenvalue weighted by atomic mass is 9.91. The first-order valence-electron chi connectivity index (χ1n) is 5.87. The third-order valence-corrected chi connectivity index (χ3v) is 3.32. The van der Waals surface area contributed by atoms with Gasteiger partial charge in [0.1, 0.15) is 0 Å². The smallest absolute Gasteiger partial charge is 0.168 e. The van der Waals surface area contributed by atoms with Crippen LogP contribution in [0, 0.1) is 19.8 Å². The summed E-state index contributed by atoms with van der Waals surface area (Å²) in [4.78, 5) is 12.2. The van der Waals surface area contributed by atoms with Crippen LogP contribution in [0.4, 0.5) is 0 Å². The van der Waals surface area contributed by atoms with Crippen molar-refractivity contribution in [3.63, 3.8) is 0 Å². The lowest BCUT2D eigenvalue weighted by Gasteiger charge is -2.21. The minimum absolute atomic E-state index is 0.0656. The van der Waals surface area contributed by atoms with Gasteiger partial charge in [0, 0.05) is 18.1 Å². The molecule has 0 aliphatic carbocycles. The molecule has 2 nitrogen and oxygen atoms in total. The summed E-state index contributed by atoms with van der Waals surface area (Å²) < 4.78 is 5.36. The molecule has 1 heterocycles. The topological polar surface area (TPSA) is 26.3 Å². The Morgan fingerprint density at radius 3 is 2.75 bits per heavy atom. The molecule has 1 unspecified atom stereocenters. The van der Waals surface area contributed by atoms with Crippen molar-refractivity contribution >= 4 is 5.78 Å². The predicted molar refractivity (Wildman–Crippen MR) is 63.8 cm³/mol. The van der Waals surface area contributed by atoms with Crippen molar-refractivity contribution < 1.29 is 9.53 Å². The predicted octanol–water partition coefficient (Wildman–Crippen LogP) is 2.91. The largest absolute Gasteiger partial charge is 0.381 e. The van der Waals surface area contributed by atoms with Gasteiger partial charge in [0.2, 0.25) is 0 Å². The van der Waals surface area contributed by atoms with Gasteiger partial charge in [-0.3, -0.25) is 4.79 Å². The molecule has 1 atom stereocenters.